The molecule has 0 aliphatic carbocycles. The summed E-state index contributed by atoms with van der Waals surface area (Å²) < 4.78 is 20.9. The van der Waals surface area contributed by atoms with Gasteiger partial charge in [0.05, 0.1) is 43.1 Å². The van der Waals surface area contributed by atoms with E-state index in [-0.39, 0.29) is 30.0 Å². The molecule has 0 unspecified atom stereocenters. The highest BCUT2D eigenvalue weighted by Crippen LogP contribution is 2.37. The van der Waals surface area contributed by atoms with Crippen molar-refractivity contribution in [1.82, 2.24) is 15.0 Å². The molecule has 0 amide bonds. The standard InChI is InChI=1S/C16H17N7O6/c1-26-16-19-14(18-15(20-16)22-2-4-27-5-3-22)21-17-8-10-6-12-13(29-9-28-12)7-11(10)23(24)25/h6-8H,2-5,9H2,1H3,(H,18,19,20,21)/b17-8+. The van der Waals surface area contributed by atoms with E-state index >= 15 is 0 Å². The van der Waals surface area contributed by atoms with Gasteiger partial charge in [-0.3, -0.25) is 10.1 Å². The Bertz CT molecular complexity index is 948. The van der Waals surface area contributed by atoms with E-state index in [0.29, 0.717) is 43.8 Å². The van der Waals surface area contributed by atoms with Crippen LogP contribution in [0.2, 0.25) is 0 Å². The highest BCUT2D eigenvalue weighted by atomic mass is 16.7. The number of nitrogens with zero attached hydrogens (tertiary/aromatic N) is 6. The average Bonchev–Trinajstić information content (AvgIpc) is 3.21. The first kappa shape index (κ1) is 18.6. The predicted molar refractivity (Wildman–Crippen MR) is 99.8 cm³/mol. The van der Waals surface area contributed by atoms with E-state index in [9.17, 15) is 10.1 Å². The lowest BCUT2D eigenvalue weighted by atomic mass is 10.1. The Labute approximate surface area is 164 Å². The molecule has 29 heavy (non-hydrogen) atoms. The molecule has 0 bridgehead atoms. The van der Waals surface area contributed by atoms with E-state index < -0.39 is 4.92 Å². The van der Waals surface area contributed by atoms with Gasteiger partial charge in [-0.1, -0.05) is 0 Å². The van der Waals surface area contributed by atoms with E-state index in [4.69, 9.17) is 18.9 Å². The first-order valence-electron chi connectivity index (χ1n) is 8.64. The lowest BCUT2D eigenvalue weighted by Gasteiger charge is -2.26. The van der Waals surface area contributed by atoms with Gasteiger partial charge < -0.3 is 23.8 Å². The van der Waals surface area contributed by atoms with Gasteiger partial charge in [0, 0.05) is 13.1 Å². The van der Waals surface area contributed by atoms with E-state index in [1.54, 1.807) is 0 Å². The van der Waals surface area contributed by atoms with Crippen LogP contribution in [0.25, 0.3) is 0 Å². The van der Waals surface area contributed by atoms with E-state index in [2.05, 4.69) is 25.5 Å². The van der Waals surface area contributed by atoms with E-state index in [1.807, 2.05) is 4.90 Å². The number of nitro benzene ring substituents is 1. The molecule has 2 aromatic rings. The van der Waals surface area contributed by atoms with Crippen molar-refractivity contribution < 1.29 is 23.9 Å². The molecule has 1 saturated heterocycles. The number of ether oxygens (including phenoxy) is 4. The van der Waals surface area contributed by atoms with Crippen molar-refractivity contribution in [3.63, 3.8) is 0 Å². The first-order valence-corrected chi connectivity index (χ1v) is 8.64. The summed E-state index contributed by atoms with van der Waals surface area (Å²) in [5.41, 5.74) is 2.73. The van der Waals surface area contributed by atoms with E-state index in [1.165, 1.54) is 25.5 Å². The molecule has 0 atom stereocenters. The fourth-order valence-corrected chi connectivity index (χ4v) is 2.76. The normalized spacial score (nSPS) is 15.6. The minimum Gasteiger partial charge on any atom is -0.467 e. The summed E-state index contributed by atoms with van der Waals surface area (Å²) in [6, 6.07) is 2.90. The Balaban J connectivity index is 1.56. The summed E-state index contributed by atoms with van der Waals surface area (Å²) in [6.07, 6.45) is 1.28. The van der Waals surface area contributed by atoms with Gasteiger partial charge in [0.25, 0.3) is 11.6 Å². The number of nitro groups is 1. The number of anilines is 2. The van der Waals surface area contributed by atoms with Gasteiger partial charge in [0.1, 0.15) is 0 Å². The van der Waals surface area contributed by atoms with Crippen molar-refractivity contribution >= 4 is 23.8 Å². The Hall–Kier alpha value is -3.74. The number of aromatic nitrogens is 3. The van der Waals surface area contributed by atoms with Gasteiger partial charge >= 0.3 is 6.01 Å². The molecule has 0 radical (unpaired) electrons. The second kappa shape index (κ2) is 8.10. The highest BCUT2D eigenvalue weighted by molar-refractivity contribution is 5.87. The SMILES string of the molecule is COc1nc(N/N=C/c2cc3c(cc2[N+](=O)[O-])OCO3)nc(N2CCOCC2)n1. The Morgan fingerprint density at radius 3 is 2.72 bits per heavy atom. The maximum Gasteiger partial charge on any atom is 0.322 e. The number of rotatable bonds is 6. The van der Waals surface area contributed by atoms with E-state index in [0.717, 1.165) is 0 Å². The molecule has 3 heterocycles. The fraction of sp³-hybridized carbons (Fsp3) is 0.375. The largest absolute Gasteiger partial charge is 0.467 e. The zero-order valence-corrected chi connectivity index (χ0v) is 15.4. The lowest BCUT2D eigenvalue weighted by Crippen LogP contribution is -2.37. The molecule has 1 aromatic heterocycles. The van der Waals surface area contributed by atoms with Crippen molar-refractivity contribution in [2.45, 2.75) is 0 Å². The van der Waals surface area contributed by atoms with Crippen LogP contribution in [0.3, 0.4) is 0 Å². The number of methoxy groups -OCH3 is 1. The molecular weight excluding hydrogens is 386 g/mol. The molecule has 152 valence electrons. The van der Waals surface area contributed by atoms with Crippen molar-refractivity contribution in [2.24, 2.45) is 5.10 Å². The number of hydrogen-bond acceptors (Lipinski definition) is 12. The molecule has 1 fully saturated rings. The Morgan fingerprint density at radius 1 is 1.24 bits per heavy atom. The third-order valence-electron chi connectivity index (χ3n) is 4.17. The predicted octanol–water partition coefficient (Wildman–Crippen LogP) is 0.800. The zero-order valence-electron chi connectivity index (χ0n) is 15.4. The van der Waals surface area contributed by atoms with Gasteiger partial charge in [-0.05, 0) is 6.07 Å². The summed E-state index contributed by atoms with van der Waals surface area (Å²) in [7, 11) is 1.45. The molecular formula is C16H17N7O6. The van der Waals surface area contributed by atoms with Crippen molar-refractivity contribution in [1.29, 1.82) is 0 Å². The number of morpholine rings is 1. The number of fused-ring (bicyclic) bond motifs is 1. The fourth-order valence-electron chi connectivity index (χ4n) is 2.76. The maximum absolute atomic E-state index is 11.3. The monoisotopic (exact) mass is 403 g/mol. The second-order valence-electron chi connectivity index (χ2n) is 5.94. The molecule has 2 aliphatic heterocycles. The number of benzene rings is 1. The molecule has 13 nitrogen and oxygen atoms in total. The van der Waals surface area contributed by atoms with Crippen molar-refractivity contribution in [2.75, 3.05) is 50.5 Å². The second-order valence-corrected chi connectivity index (χ2v) is 5.94. The van der Waals surface area contributed by atoms with Crippen LogP contribution >= 0.6 is 0 Å². The minimum atomic E-state index is -0.522. The summed E-state index contributed by atoms with van der Waals surface area (Å²) >= 11 is 0. The van der Waals surface area contributed by atoms with Gasteiger partial charge in [-0.2, -0.15) is 20.1 Å². The number of hydrazone groups is 1. The van der Waals surface area contributed by atoms with Crippen molar-refractivity contribution in [3.05, 3.63) is 27.8 Å². The summed E-state index contributed by atoms with van der Waals surface area (Å²) in [6.45, 7) is 2.43. The quantitative estimate of drug-likeness (QED) is 0.415. The Kier molecular flexibility index (Phi) is 5.20. The summed E-state index contributed by atoms with van der Waals surface area (Å²) in [5, 5.41) is 15.3. The van der Waals surface area contributed by atoms with Crippen LogP contribution in [0, 0.1) is 10.1 Å². The smallest absolute Gasteiger partial charge is 0.322 e. The molecule has 0 spiro atoms. The molecule has 0 saturated carbocycles. The van der Waals surface area contributed by atoms with Crippen LogP contribution < -0.4 is 24.5 Å². The third-order valence-corrected chi connectivity index (χ3v) is 4.17. The molecule has 2 aliphatic rings. The molecule has 13 heteroatoms. The highest BCUT2D eigenvalue weighted by Gasteiger charge is 2.22. The van der Waals surface area contributed by atoms with Crippen molar-refractivity contribution in [3.8, 4) is 17.5 Å². The number of nitrogens with one attached hydrogen (secondary N) is 1. The van der Waals surface area contributed by atoms with Crippen LogP contribution in [-0.2, 0) is 4.74 Å². The maximum atomic E-state index is 11.3. The van der Waals surface area contributed by atoms with Gasteiger partial charge in [-0.15, -0.1) is 0 Å². The zero-order chi connectivity index (χ0) is 20.2. The Morgan fingerprint density at radius 2 is 2.00 bits per heavy atom. The summed E-state index contributed by atoms with van der Waals surface area (Å²) in [4.78, 5) is 25.4. The number of hydrogen-bond donors (Lipinski definition) is 1. The van der Waals surface area contributed by atoms with Crippen LogP contribution in [0.5, 0.6) is 17.5 Å². The van der Waals surface area contributed by atoms with Crippen LogP contribution in [0.4, 0.5) is 17.6 Å². The van der Waals surface area contributed by atoms with Crippen LogP contribution in [-0.4, -0.2) is 66.3 Å². The van der Waals surface area contributed by atoms with Gasteiger partial charge in [-0.25, -0.2) is 5.43 Å². The first-order chi connectivity index (χ1) is 14.1. The lowest BCUT2D eigenvalue weighted by molar-refractivity contribution is -0.385. The van der Waals surface area contributed by atoms with Gasteiger partial charge in [0.2, 0.25) is 12.7 Å². The molecule has 1 aromatic carbocycles. The van der Waals surface area contributed by atoms with Crippen LogP contribution in [0.1, 0.15) is 5.56 Å². The summed E-state index contributed by atoms with van der Waals surface area (Å²) in [5.74, 6) is 1.29. The minimum absolute atomic E-state index is 0.0142. The average molecular weight is 403 g/mol. The topological polar surface area (TPSA) is 146 Å². The third kappa shape index (κ3) is 4.08. The molecule has 4 rings (SSSR count). The van der Waals surface area contributed by atoms with Gasteiger partial charge in [0.15, 0.2) is 11.5 Å². The molecule has 1 N–H and O–H groups in total. The van der Waals surface area contributed by atoms with Crippen LogP contribution in [0.15, 0.2) is 17.2 Å².